The Balaban J connectivity index is 1.71. The number of carbonyl (C=O) groups is 1. The van der Waals surface area contributed by atoms with Crippen molar-refractivity contribution in [3.63, 3.8) is 0 Å². The Morgan fingerprint density at radius 3 is 2.61 bits per heavy atom. The average Bonchev–Trinajstić information content (AvgIpc) is 3.10. The lowest BCUT2D eigenvalue weighted by Crippen LogP contribution is -2.32. The molecule has 28 heavy (non-hydrogen) atoms. The molecule has 1 aromatic heterocycles. The Labute approximate surface area is 168 Å². The van der Waals surface area contributed by atoms with Gasteiger partial charge in [-0.1, -0.05) is 61.2 Å². The number of benzene rings is 2. The minimum atomic E-state index is -0.319. The molecule has 3 aromatic rings. The summed E-state index contributed by atoms with van der Waals surface area (Å²) in [5.74, 6) is 7.30. The number of ether oxygens (including phenoxy) is 1. The van der Waals surface area contributed by atoms with Gasteiger partial charge in [-0.15, -0.1) is 10.2 Å². The summed E-state index contributed by atoms with van der Waals surface area (Å²) in [5, 5.41) is 11.5. The normalized spacial score (nSPS) is 11.8. The fourth-order valence-electron chi connectivity index (χ4n) is 2.72. The van der Waals surface area contributed by atoms with Crippen molar-refractivity contribution in [3.05, 3.63) is 60.2 Å². The molecule has 7 nitrogen and oxygen atoms in total. The van der Waals surface area contributed by atoms with Crippen molar-refractivity contribution in [2.45, 2.75) is 30.3 Å². The Kier molecular flexibility index (Phi) is 6.54. The molecule has 3 N–H and O–H groups in total. The van der Waals surface area contributed by atoms with E-state index in [1.165, 1.54) is 16.4 Å². The van der Waals surface area contributed by atoms with Gasteiger partial charge in [-0.2, -0.15) is 0 Å². The van der Waals surface area contributed by atoms with Crippen LogP contribution in [0.25, 0.3) is 11.4 Å². The molecule has 1 atom stereocenters. The number of thioether (sulfide) groups is 1. The molecule has 1 amide bonds. The summed E-state index contributed by atoms with van der Waals surface area (Å²) in [6, 6.07) is 17.3. The SMILES string of the molecule is CCC(Sc1nnc(-c2ccccc2OC)n1N)C(=O)NCc1ccccc1. The van der Waals surface area contributed by atoms with Gasteiger partial charge in [0.2, 0.25) is 11.1 Å². The van der Waals surface area contributed by atoms with Crippen LogP contribution in [0.5, 0.6) is 5.75 Å². The monoisotopic (exact) mass is 397 g/mol. The predicted octanol–water partition coefficient (Wildman–Crippen LogP) is 2.85. The smallest absolute Gasteiger partial charge is 0.233 e. The third-order valence-electron chi connectivity index (χ3n) is 4.23. The first-order valence-electron chi connectivity index (χ1n) is 8.96. The van der Waals surface area contributed by atoms with Crippen LogP contribution in [0.3, 0.4) is 0 Å². The lowest BCUT2D eigenvalue weighted by atomic mass is 10.2. The standard InChI is InChI=1S/C20H23N5O2S/c1-3-17(19(26)22-13-14-9-5-4-6-10-14)28-20-24-23-18(25(20)21)15-11-7-8-12-16(15)27-2/h4-12,17H,3,13,21H2,1-2H3,(H,22,26). The second-order valence-corrected chi connectivity index (χ2v) is 7.26. The van der Waals surface area contributed by atoms with Crippen molar-refractivity contribution >= 4 is 17.7 Å². The van der Waals surface area contributed by atoms with Gasteiger partial charge >= 0.3 is 0 Å². The maximum absolute atomic E-state index is 12.6. The average molecular weight is 398 g/mol. The number of nitrogen functional groups attached to an aromatic ring is 1. The molecule has 0 saturated carbocycles. The molecule has 0 fully saturated rings. The summed E-state index contributed by atoms with van der Waals surface area (Å²) in [6.07, 6.45) is 0.641. The van der Waals surface area contributed by atoms with Crippen LogP contribution in [0.2, 0.25) is 0 Å². The number of aromatic nitrogens is 3. The van der Waals surface area contributed by atoms with E-state index in [4.69, 9.17) is 10.6 Å². The molecule has 1 unspecified atom stereocenters. The number of hydrogen-bond donors (Lipinski definition) is 2. The quantitative estimate of drug-likeness (QED) is 0.448. The molecule has 3 rings (SSSR count). The van der Waals surface area contributed by atoms with Crippen LogP contribution in [0.1, 0.15) is 18.9 Å². The summed E-state index contributed by atoms with van der Waals surface area (Å²) in [6.45, 7) is 2.44. The zero-order chi connectivity index (χ0) is 19.9. The predicted molar refractivity (Wildman–Crippen MR) is 110 cm³/mol. The minimum Gasteiger partial charge on any atom is -0.496 e. The summed E-state index contributed by atoms with van der Waals surface area (Å²) in [5.41, 5.74) is 1.80. The number of methoxy groups -OCH3 is 1. The lowest BCUT2D eigenvalue weighted by molar-refractivity contribution is -0.120. The van der Waals surface area contributed by atoms with E-state index in [0.29, 0.717) is 29.7 Å². The first-order chi connectivity index (χ1) is 13.6. The van der Waals surface area contributed by atoms with Crippen molar-refractivity contribution in [1.82, 2.24) is 20.2 Å². The maximum Gasteiger partial charge on any atom is 0.233 e. The highest BCUT2D eigenvalue weighted by atomic mass is 32.2. The van der Waals surface area contributed by atoms with E-state index >= 15 is 0 Å². The topological polar surface area (TPSA) is 95.1 Å². The van der Waals surface area contributed by atoms with Gasteiger partial charge in [0.25, 0.3) is 0 Å². The molecule has 2 aromatic carbocycles. The van der Waals surface area contributed by atoms with Gasteiger partial charge in [-0.25, -0.2) is 4.68 Å². The molecule has 8 heteroatoms. The molecular weight excluding hydrogens is 374 g/mol. The van der Waals surface area contributed by atoms with E-state index < -0.39 is 0 Å². The Hall–Kier alpha value is -3.00. The van der Waals surface area contributed by atoms with E-state index in [2.05, 4.69) is 15.5 Å². The van der Waals surface area contributed by atoms with Gasteiger partial charge in [-0.3, -0.25) is 4.79 Å². The molecule has 0 spiro atoms. The van der Waals surface area contributed by atoms with E-state index in [9.17, 15) is 4.79 Å². The van der Waals surface area contributed by atoms with Gasteiger partial charge in [0, 0.05) is 6.54 Å². The van der Waals surface area contributed by atoms with Crippen molar-refractivity contribution in [1.29, 1.82) is 0 Å². The molecule has 0 bridgehead atoms. The number of nitrogens with one attached hydrogen (secondary N) is 1. The minimum absolute atomic E-state index is 0.0572. The fraction of sp³-hybridized carbons (Fsp3) is 0.250. The fourth-order valence-corrected chi connectivity index (χ4v) is 3.62. The molecule has 1 heterocycles. The first kappa shape index (κ1) is 19.8. The number of rotatable bonds is 8. The molecule has 0 aliphatic carbocycles. The summed E-state index contributed by atoms with van der Waals surface area (Å²) >= 11 is 1.30. The summed E-state index contributed by atoms with van der Waals surface area (Å²) in [7, 11) is 1.59. The molecule has 0 aliphatic heterocycles. The highest BCUT2D eigenvalue weighted by molar-refractivity contribution is 8.00. The number of amides is 1. The van der Waals surface area contributed by atoms with Crippen LogP contribution in [-0.4, -0.2) is 33.1 Å². The van der Waals surface area contributed by atoms with Gasteiger partial charge in [0.15, 0.2) is 5.82 Å². The van der Waals surface area contributed by atoms with Crippen molar-refractivity contribution < 1.29 is 9.53 Å². The highest BCUT2D eigenvalue weighted by Gasteiger charge is 2.23. The van der Waals surface area contributed by atoms with E-state index in [-0.39, 0.29) is 11.2 Å². The van der Waals surface area contributed by atoms with E-state index in [1.807, 2.05) is 61.5 Å². The van der Waals surface area contributed by atoms with Crippen LogP contribution in [0.4, 0.5) is 0 Å². The van der Waals surface area contributed by atoms with E-state index in [0.717, 1.165) is 11.1 Å². The van der Waals surface area contributed by atoms with Crippen LogP contribution in [-0.2, 0) is 11.3 Å². The second-order valence-electron chi connectivity index (χ2n) is 6.09. The molecule has 0 aliphatic rings. The first-order valence-corrected chi connectivity index (χ1v) is 9.84. The van der Waals surface area contributed by atoms with Gasteiger partial charge < -0.3 is 15.9 Å². The van der Waals surface area contributed by atoms with Gasteiger partial charge in [0.1, 0.15) is 5.75 Å². The number of nitrogens with two attached hydrogens (primary N) is 1. The molecule has 146 valence electrons. The third kappa shape index (κ3) is 4.45. The lowest BCUT2D eigenvalue weighted by Gasteiger charge is -2.14. The van der Waals surface area contributed by atoms with Crippen molar-refractivity contribution in [2.24, 2.45) is 0 Å². The number of hydrogen-bond acceptors (Lipinski definition) is 6. The van der Waals surface area contributed by atoms with Crippen molar-refractivity contribution in [3.8, 4) is 17.1 Å². The van der Waals surface area contributed by atoms with Gasteiger partial charge in [-0.05, 0) is 24.1 Å². The third-order valence-corrected chi connectivity index (χ3v) is 5.55. The van der Waals surface area contributed by atoms with Crippen LogP contribution in [0, 0.1) is 0 Å². The number of nitrogens with zero attached hydrogens (tertiary/aromatic N) is 3. The Morgan fingerprint density at radius 2 is 1.89 bits per heavy atom. The Morgan fingerprint density at radius 1 is 1.18 bits per heavy atom. The second kappa shape index (κ2) is 9.27. The van der Waals surface area contributed by atoms with Gasteiger partial charge in [0.05, 0.1) is 17.9 Å². The molecule has 0 saturated heterocycles. The van der Waals surface area contributed by atoms with E-state index in [1.54, 1.807) is 7.11 Å². The summed E-state index contributed by atoms with van der Waals surface area (Å²) in [4.78, 5) is 12.6. The van der Waals surface area contributed by atoms with Crippen LogP contribution >= 0.6 is 11.8 Å². The van der Waals surface area contributed by atoms with Crippen molar-refractivity contribution in [2.75, 3.05) is 13.0 Å². The number of carbonyl (C=O) groups excluding carboxylic acids is 1. The molecule has 0 radical (unpaired) electrons. The largest absolute Gasteiger partial charge is 0.496 e. The zero-order valence-electron chi connectivity index (χ0n) is 15.8. The molecular formula is C20H23N5O2S. The maximum atomic E-state index is 12.6. The number of para-hydroxylation sites is 1. The summed E-state index contributed by atoms with van der Waals surface area (Å²) < 4.78 is 6.77. The highest BCUT2D eigenvalue weighted by Crippen LogP contribution is 2.31. The van der Waals surface area contributed by atoms with Crippen LogP contribution < -0.4 is 15.9 Å². The van der Waals surface area contributed by atoms with Crippen LogP contribution in [0.15, 0.2) is 59.8 Å². The zero-order valence-corrected chi connectivity index (χ0v) is 16.6. The Bertz CT molecular complexity index is 929.